The van der Waals surface area contributed by atoms with Gasteiger partial charge >= 0.3 is 0 Å². The Balaban J connectivity index is 1.89. The van der Waals surface area contributed by atoms with E-state index in [9.17, 15) is 8.78 Å². The lowest BCUT2D eigenvalue weighted by atomic mass is 10.1. The molecule has 106 valence electrons. The number of aromatic nitrogens is 1. The van der Waals surface area contributed by atoms with Crippen LogP contribution in [0.2, 0.25) is 0 Å². The average Bonchev–Trinajstić information content (AvgIpc) is 2.48. The van der Waals surface area contributed by atoms with Gasteiger partial charge < -0.3 is 5.32 Å². The summed E-state index contributed by atoms with van der Waals surface area (Å²) in [6.07, 6.45) is 0. The van der Waals surface area contributed by atoms with Gasteiger partial charge in [0.15, 0.2) is 11.6 Å². The van der Waals surface area contributed by atoms with Crippen molar-refractivity contribution in [2.45, 2.75) is 13.5 Å². The summed E-state index contributed by atoms with van der Waals surface area (Å²) in [5.41, 5.74) is 3.43. The third-order valence-electron chi connectivity index (χ3n) is 3.31. The zero-order valence-electron chi connectivity index (χ0n) is 11.5. The van der Waals surface area contributed by atoms with E-state index < -0.39 is 11.6 Å². The van der Waals surface area contributed by atoms with Crippen LogP contribution in [0.25, 0.3) is 10.9 Å². The highest BCUT2D eigenvalue weighted by Crippen LogP contribution is 2.23. The third kappa shape index (κ3) is 2.84. The summed E-state index contributed by atoms with van der Waals surface area (Å²) in [6.45, 7) is 2.35. The molecule has 0 spiro atoms. The van der Waals surface area contributed by atoms with Crippen LogP contribution >= 0.6 is 0 Å². The summed E-state index contributed by atoms with van der Waals surface area (Å²) in [5, 5.41) is 4.27. The van der Waals surface area contributed by atoms with Gasteiger partial charge in [0.25, 0.3) is 0 Å². The molecule has 0 saturated heterocycles. The molecule has 0 amide bonds. The lowest BCUT2D eigenvalue weighted by molar-refractivity contribution is 0.507. The Hall–Kier alpha value is -2.49. The van der Waals surface area contributed by atoms with Gasteiger partial charge in [-0.15, -0.1) is 0 Å². The van der Waals surface area contributed by atoms with Gasteiger partial charge in [-0.1, -0.05) is 24.3 Å². The van der Waals surface area contributed by atoms with Crippen molar-refractivity contribution in [2.75, 3.05) is 5.32 Å². The first-order valence-corrected chi connectivity index (χ1v) is 6.68. The number of pyridine rings is 1. The summed E-state index contributed by atoms with van der Waals surface area (Å²) in [4.78, 5) is 4.47. The SMILES string of the molecule is Cc1cc(NCc2ccc(F)c(F)c2)c2ccccc2n1. The lowest BCUT2D eigenvalue weighted by Gasteiger charge is -2.11. The normalized spacial score (nSPS) is 10.8. The van der Waals surface area contributed by atoms with Crippen molar-refractivity contribution in [3.63, 3.8) is 0 Å². The van der Waals surface area contributed by atoms with Crippen molar-refractivity contribution >= 4 is 16.6 Å². The highest BCUT2D eigenvalue weighted by atomic mass is 19.2. The minimum Gasteiger partial charge on any atom is -0.380 e. The predicted octanol–water partition coefficient (Wildman–Crippen LogP) is 4.43. The molecule has 0 atom stereocenters. The molecule has 2 aromatic carbocycles. The number of anilines is 1. The third-order valence-corrected chi connectivity index (χ3v) is 3.31. The molecule has 1 heterocycles. The molecule has 3 rings (SSSR count). The molecular weight excluding hydrogens is 270 g/mol. The van der Waals surface area contributed by atoms with E-state index in [1.165, 1.54) is 6.07 Å². The van der Waals surface area contributed by atoms with E-state index in [1.807, 2.05) is 37.3 Å². The van der Waals surface area contributed by atoms with Crippen molar-refractivity contribution in [2.24, 2.45) is 0 Å². The second-order valence-electron chi connectivity index (χ2n) is 4.93. The van der Waals surface area contributed by atoms with E-state index in [0.29, 0.717) is 12.1 Å². The number of nitrogens with zero attached hydrogens (tertiary/aromatic N) is 1. The number of aryl methyl sites for hydroxylation is 1. The minimum atomic E-state index is -0.830. The molecule has 0 fully saturated rings. The maximum Gasteiger partial charge on any atom is 0.159 e. The molecule has 1 aromatic heterocycles. The van der Waals surface area contributed by atoms with Crippen LogP contribution in [0.3, 0.4) is 0 Å². The van der Waals surface area contributed by atoms with Gasteiger partial charge in [-0.05, 0) is 36.8 Å². The topological polar surface area (TPSA) is 24.9 Å². The van der Waals surface area contributed by atoms with Crippen LogP contribution in [0.15, 0.2) is 48.5 Å². The lowest BCUT2D eigenvalue weighted by Crippen LogP contribution is -2.02. The first-order valence-electron chi connectivity index (χ1n) is 6.68. The molecular formula is C17H14F2N2. The highest BCUT2D eigenvalue weighted by molar-refractivity contribution is 5.91. The van der Waals surface area contributed by atoms with Gasteiger partial charge in [0.1, 0.15) is 0 Å². The zero-order chi connectivity index (χ0) is 14.8. The molecule has 21 heavy (non-hydrogen) atoms. The van der Waals surface area contributed by atoms with Gasteiger partial charge in [-0.2, -0.15) is 0 Å². The number of hydrogen-bond acceptors (Lipinski definition) is 2. The smallest absolute Gasteiger partial charge is 0.159 e. The Morgan fingerprint density at radius 1 is 1.00 bits per heavy atom. The van der Waals surface area contributed by atoms with Gasteiger partial charge in [-0.3, -0.25) is 4.98 Å². The van der Waals surface area contributed by atoms with Crippen LogP contribution in [0, 0.1) is 18.6 Å². The first kappa shape index (κ1) is 13.5. The number of fused-ring (bicyclic) bond motifs is 1. The molecule has 0 aliphatic rings. The Labute approximate surface area is 121 Å². The van der Waals surface area contributed by atoms with Crippen LogP contribution < -0.4 is 5.32 Å². The minimum absolute atomic E-state index is 0.421. The predicted molar refractivity (Wildman–Crippen MR) is 80.2 cm³/mol. The molecule has 0 aliphatic heterocycles. The van der Waals surface area contributed by atoms with E-state index in [-0.39, 0.29) is 0 Å². The number of para-hydroxylation sites is 1. The van der Waals surface area contributed by atoms with E-state index in [2.05, 4.69) is 10.3 Å². The molecule has 0 bridgehead atoms. The maximum absolute atomic E-state index is 13.2. The summed E-state index contributed by atoms with van der Waals surface area (Å²) in [5.74, 6) is -1.66. The van der Waals surface area contributed by atoms with Crippen molar-refractivity contribution in [3.8, 4) is 0 Å². The number of rotatable bonds is 3. The van der Waals surface area contributed by atoms with Gasteiger partial charge in [0.2, 0.25) is 0 Å². The largest absolute Gasteiger partial charge is 0.380 e. The number of halogens is 2. The standard InChI is InChI=1S/C17H14F2N2/c1-11-8-17(13-4-2-3-5-16(13)21-11)20-10-12-6-7-14(18)15(19)9-12/h2-9H,10H2,1H3,(H,20,21). The van der Waals surface area contributed by atoms with Crippen molar-refractivity contribution < 1.29 is 8.78 Å². The average molecular weight is 284 g/mol. The van der Waals surface area contributed by atoms with Crippen LogP contribution in [0.4, 0.5) is 14.5 Å². The van der Waals surface area contributed by atoms with Crippen molar-refractivity contribution in [3.05, 3.63) is 71.4 Å². The highest BCUT2D eigenvalue weighted by Gasteiger charge is 2.05. The fourth-order valence-electron chi connectivity index (χ4n) is 2.30. The van der Waals surface area contributed by atoms with Gasteiger partial charge in [-0.25, -0.2) is 8.78 Å². The number of benzene rings is 2. The zero-order valence-corrected chi connectivity index (χ0v) is 11.5. The van der Waals surface area contributed by atoms with Crippen LogP contribution in [0.1, 0.15) is 11.3 Å². The fourth-order valence-corrected chi connectivity index (χ4v) is 2.30. The van der Waals surface area contributed by atoms with Gasteiger partial charge in [0, 0.05) is 23.3 Å². The molecule has 4 heteroatoms. The van der Waals surface area contributed by atoms with Crippen LogP contribution in [0.5, 0.6) is 0 Å². The monoisotopic (exact) mass is 284 g/mol. The molecule has 1 N–H and O–H groups in total. The summed E-state index contributed by atoms with van der Waals surface area (Å²) < 4.78 is 26.1. The Morgan fingerprint density at radius 3 is 2.62 bits per heavy atom. The van der Waals surface area contributed by atoms with E-state index in [4.69, 9.17) is 0 Å². The number of nitrogens with one attached hydrogen (secondary N) is 1. The Bertz CT molecular complexity index is 800. The summed E-state index contributed by atoms with van der Waals surface area (Å²) in [6, 6.07) is 13.7. The Kier molecular flexibility index (Phi) is 3.52. The molecule has 0 radical (unpaired) electrons. The fraction of sp³-hybridized carbons (Fsp3) is 0.118. The maximum atomic E-state index is 13.2. The molecule has 0 saturated carbocycles. The Morgan fingerprint density at radius 2 is 1.81 bits per heavy atom. The molecule has 3 aromatic rings. The molecule has 0 aliphatic carbocycles. The second-order valence-corrected chi connectivity index (χ2v) is 4.93. The summed E-state index contributed by atoms with van der Waals surface area (Å²) >= 11 is 0. The van der Waals surface area contributed by atoms with Crippen LogP contribution in [-0.4, -0.2) is 4.98 Å². The van der Waals surface area contributed by atoms with E-state index >= 15 is 0 Å². The number of hydrogen-bond donors (Lipinski definition) is 1. The van der Waals surface area contributed by atoms with Gasteiger partial charge in [0.05, 0.1) is 5.52 Å². The van der Waals surface area contributed by atoms with Crippen molar-refractivity contribution in [1.29, 1.82) is 0 Å². The van der Waals surface area contributed by atoms with E-state index in [0.717, 1.165) is 28.4 Å². The summed E-state index contributed by atoms with van der Waals surface area (Å²) in [7, 11) is 0. The first-order chi connectivity index (χ1) is 10.1. The van der Waals surface area contributed by atoms with Crippen molar-refractivity contribution in [1.82, 2.24) is 4.98 Å². The quantitative estimate of drug-likeness (QED) is 0.769. The molecule has 0 unspecified atom stereocenters. The second kappa shape index (κ2) is 5.48. The molecule has 2 nitrogen and oxygen atoms in total. The van der Waals surface area contributed by atoms with E-state index in [1.54, 1.807) is 6.07 Å². The van der Waals surface area contributed by atoms with Crippen LogP contribution in [-0.2, 0) is 6.54 Å².